The summed E-state index contributed by atoms with van der Waals surface area (Å²) in [6, 6.07) is 2.26. The van der Waals surface area contributed by atoms with Gasteiger partial charge in [-0.1, -0.05) is 0 Å². The van der Waals surface area contributed by atoms with Gasteiger partial charge in [-0.3, -0.25) is 4.68 Å². The maximum Gasteiger partial charge on any atom is 0.242 e. The van der Waals surface area contributed by atoms with Gasteiger partial charge in [0.25, 0.3) is 0 Å². The topological polar surface area (TPSA) is 91.8 Å². The molecule has 7 nitrogen and oxygen atoms in total. The van der Waals surface area contributed by atoms with E-state index >= 15 is 0 Å². The van der Waals surface area contributed by atoms with Crippen LogP contribution in [0.2, 0.25) is 0 Å². The van der Waals surface area contributed by atoms with Gasteiger partial charge < -0.3 is 10.3 Å². The lowest BCUT2D eigenvalue weighted by Gasteiger charge is -2.03. The van der Waals surface area contributed by atoms with E-state index in [0.717, 1.165) is 11.3 Å². The highest BCUT2D eigenvalue weighted by atomic mass is 32.2. The molecule has 0 radical (unpaired) electrons. The van der Waals surface area contributed by atoms with E-state index in [9.17, 15) is 8.42 Å². The Bertz CT molecular complexity index is 715. The fourth-order valence-corrected chi connectivity index (χ4v) is 3.08. The van der Waals surface area contributed by atoms with Crippen LogP contribution >= 0.6 is 0 Å². The van der Waals surface area contributed by atoms with Crippen LogP contribution in [-0.2, 0) is 30.2 Å². The number of sulfonamides is 1. The number of aromatic amines is 1. The van der Waals surface area contributed by atoms with Gasteiger partial charge in [0.15, 0.2) is 0 Å². The van der Waals surface area contributed by atoms with Crippen LogP contribution in [-0.4, -0.2) is 29.2 Å². The molecule has 0 bridgehead atoms. The van der Waals surface area contributed by atoms with Crippen molar-refractivity contribution in [2.45, 2.75) is 36.9 Å². The van der Waals surface area contributed by atoms with Crippen molar-refractivity contribution in [2.24, 2.45) is 7.05 Å². The zero-order valence-corrected chi connectivity index (χ0v) is 12.7. The van der Waals surface area contributed by atoms with Crippen molar-refractivity contribution in [2.75, 3.05) is 0 Å². The molecular weight excluding hydrogens is 290 g/mol. The second-order valence-electron chi connectivity index (χ2n) is 5.36. The third-order valence-corrected chi connectivity index (χ3v) is 4.79. The Morgan fingerprint density at radius 3 is 2.90 bits per heavy atom. The van der Waals surface area contributed by atoms with E-state index in [4.69, 9.17) is 0 Å². The van der Waals surface area contributed by atoms with E-state index in [1.54, 1.807) is 30.2 Å². The first-order chi connectivity index (χ1) is 10.0. The van der Waals surface area contributed by atoms with E-state index in [0.29, 0.717) is 12.6 Å². The van der Waals surface area contributed by atoms with Gasteiger partial charge in [0.2, 0.25) is 10.0 Å². The van der Waals surface area contributed by atoms with Gasteiger partial charge in [0, 0.05) is 49.8 Å². The molecule has 0 spiro atoms. The Kier molecular flexibility index (Phi) is 3.83. The van der Waals surface area contributed by atoms with E-state index in [-0.39, 0.29) is 11.4 Å². The van der Waals surface area contributed by atoms with Gasteiger partial charge in [0.05, 0.1) is 11.1 Å². The number of aromatic nitrogens is 3. The van der Waals surface area contributed by atoms with Crippen LogP contribution in [0.3, 0.4) is 0 Å². The van der Waals surface area contributed by atoms with Gasteiger partial charge in [-0.15, -0.1) is 0 Å². The molecule has 2 aromatic heterocycles. The zero-order chi connectivity index (χ0) is 14.9. The predicted octanol–water partition coefficient (Wildman–Crippen LogP) is 0.479. The van der Waals surface area contributed by atoms with Crippen LogP contribution < -0.4 is 10.0 Å². The summed E-state index contributed by atoms with van der Waals surface area (Å²) in [5.41, 5.74) is 1.70. The lowest BCUT2D eigenvalue weighted by atomic mass is 10.4. The van der Waals surface area contributed by atoms with Crippen molar-refractivity contribution in [3.05, 3.63) is 35.9 Å². The minimum atomic E-state index is -3.50. The number of aryl methyl sites for hydroxylation is 1. The van der Waals surface area contributed by atoms with Crippen LogP contribution in [0.5, 0.6) is 0 Å². The molecule has 1 fully saturated rings. The molecule has 1 aliphatic rings. The van der Waals surface area contributed by atoms with Crippen molar-refractivity contribution in [3.8, 4) is 0 Å². The Hall–Kier alpha value is -1.64. The number of nitrogens with one attached hydrogen (secondary N) is 3. The lowest BCUT2D eigenvalue weighted by Crippen LogP contribution is -2.22. The van der Waals surface area contributed by atoms with Gasteiger partial charge >= 0.3 is 0 Å². The average Bonchev–Trinajstić information content (AvgIpc) is 2.97. The number of nitrogens with zero attached hydrogens (tertiary/aromatic N) is 2. The molecule has 2 aromatic rings. The summed E-state index contributed by atoms with van der Waals surface area (Å²) in [7, 11) is -1.70. The standard InChI is InChI=1S/C13H19N5O2S/c1-18-9-10(5-16-18)6-17-21(19,20)13-4-12(15-8-13)7-14-11-2-3-11/h4-5,8-9,11,14-15,17H,2-3,6-7H2,1H3. The molecule has 0 aliphatic heterocycles. The largest absolute Gasteiger partial charge is 0.363 e. The lowest BCUT2D eigenvalue weighted by molar-refractivity contribution is 0.581. The third-order valence-electron chi connectivity index (χ3n) is 3.41. The molecule has 0 aromatic carbocycles. The second kappa shape index (κ2) is 5.63. The molecule has 1 saturated carbocycles. The predicted molar refractivity (Wildman–Crippen MR) is 77.9 cm³/mol. The first-order valence-corrected chi connectivity index (χ1v) is 8.39. The maximum atomic E-state index is 12.2. The molecule has 1 aliphatic carbocycles. The molecule has 0 atom stereocenters. The number of rotatable bonds is 7. The number of H-pyrrole nitrogens is 1. The highest BCUT2D eigenvalue weighted by molar-refractivity contribution is 7.89. The van der Waals surface area contributed by atoms with E-state index < -0.39 is 10.0 Å². The maximum absolute atomic E-state index is 12.2. The van der Waals surface area contributed by atoms with Crippen LogP contribution in [0.25, 0.3) is 0 Å². The molecule has 3 N–H and O–H groups in total. The summed E-state index contributed by atoms with van der Waals surface area (Å²) >= 11 is 0. The zero-order valence-electron chi connectivity index (χ0n) is 11.8. The summed E-state index contributed by atoms with van der Waals surface area (Å²) in [6.45, 7) is 0.903. The molecule has 21 heavy (non-hydrogen) atoms. The SMILES string of the molecule is Cn1cc(CNS(=O)(=O)c2c[nH]c(CNC3CC3)c2)cn1. The van der Waals surface area contributed by atoms with Crippen LogP contribution in [0, 0.1) is 0 Å². The van der Waals surface area contributed by atoms with Crippen molar-refractivity contribution >= 4 is 10.0 Å². The summed E-state index contributed by atoms with van der Waals surface area (Å²) in [5.74, 6) is 0. The van der Waals surface area contributed by atoms with Crippen LogP contribution in [0.4, 0.5) is 0 Å². The van der Waals surface area contributed by atoms with Crippen LogP contribution in [0.15, 0.2) is 29.6 Å². The summed E-state index contributed by atoms with van der Waals surface area (Å²) < 4.78 is 28.6. The highest BCUT2D eigenvalue weighted by Gasteiger charge is 2.21. The Morgan fingerprint density at radius 1 is 1.43 bits per heavy atom. The first kappa shape index (κ1) is 14.3. The first-order valence-electron chi connectivity index (χ1n) is 6.91. The van der Waals surface area contributed by atoms with Gasteiger partial charge in [-0.05, 0) is 18.9 Å². The Morgan fingerprint density at radius 2 is 2.24 bits per heavy atom. The van der Waals surface area contributed by atoms with Gasteiger partial charge in [-0.25, -0.2) is 13.1 Å². The van der Waals surface area contributed by atoms with Crippen molar-refractivity contribution in [3.63, 3.8) is 0 Å². The quantitative estimate of drug-likeness (QED) is 0.693. The molecule has 8 heteroatoms. The Balaban J connectivity index is 1.60. The molecule has 114 valence electrons. The molecule has 0 amide bonds. The smallest absolute Gasteiger partial charge is 0.242 e. The van der Waals surface area contributed by atoms with E-state index in [1.807, 2.05) is 0 Å². The minimum Gasteiger partial charge on any atom is -0.363 e. The number of hydrogen-bond acceptors (Lipinski definition) is 4. The van der Waals surface area contributed by atoms with Gasteiger partial charge in [0.1, 0.15) is 0 Å². The molecule has 3 rings (SSSR count). The monoisotopic (exact) mass is 309 g/mol. The van der Waals surface area contributed by atoms with Gasteiger partial charge in [-0.2, -0.15) is 5.10 Å². The summed E-state index contributed by atoms with van der Waals surface area (Å²) in [6.07, 6.45) is 7.36. The highest BCUT2D eigenvalue weighted by Crippen LogP contribution is 2.19. The van der Waals surface area contributed by atoms with E-state index in [1.165, 1.54) is 19.0 Å². The third kappa shape index (κ3) is 3.72. The minimum absolute atomic E-state index is 0.233. The number of hydrogen-bond donors (Lipinski definition) is 3. The molecular formula is C13H19N5O2S. The normalized spacial score (nSPS) is 15.5. The summed E-state index contributed by atoms with van der Waals surface area (Å²) in [4.78, 5) is 3.26. The molecule has 0 unspecified atom stereocenters. The average molecular weight is 309 g/mol. The van der Waals surface area contributed by atoms with Crippen molar-refractivity contribution < 1.29 is 8.42 Å². The summed E-state index contributed by atoms with van der Waals surface area (Å²) in [5, 5.41) is 7.35. The van der Waals surface area contributed by atoms with Crippen LogP contribution in [0.1, 0.15) is 24.1 Å². The van der Waals surface area contributed by atoms with Crippen molar-refractivity contribution in [1.29, 1.82) is 0 Å². The second-order valence-corrected chi connectivity index (χ2v) is 7.13. The molecule has 0 saturated heterocycles. The van der Waals surface area contributed by atoms with Crippen molar-refractivity contribution in [1.82, 2.24) is 24.8 Å². The Labute approximate surface area is 123 Å². The fraction of sp³-hybridized carbons (Fsp3) is 0.462. The molecule has 2 heterocycles. The van der Waals surface area contributed by atoms with E-state index in [2.05, 4.69) is 20.1 Å². The fourth-order valence-electron chi connectivity index (χ4n) is 2.04.